The lowest BCUT2D eigenvalue weighted by molar-refractivity contribution is -0.136. The van der Waals surface area contributed by atoms with Gasteiger partial charge in [-0.05, 0) is 49.2 Å². The van der Waals surface area contributed by atoms with Crippen LogP contribution in [0.25, 0.3) is 0 Å². The summed E-state index contributed by atoms with van der Waals surface area (Å²) in [6.07, 6.45) is -1.95. The van der Waals surface area contributed by atoms with Crippen LogP contribution in [0.2, 0.25) is 0 Å². The minimum Gasteiger partial charge on any atom is -0.435 e. The number of hydrogen-bond donors (Lipinski definition) is 2. The van der Waals surface area contributed by atoms with E-state index in [1.807, 2.05) is 0 Å². The average molecular weight is 468 g/mol. The second kappa shape index (κ2) is 9.12. The molecule has 2 fully saturated rings. The normalized spacial score (nSPS) is 21.4. The summed E-state index contributed by atoms with van der Waals surface area (Å²) in [4.78, 5) is 53.9. The standard InChI is InChI=1S/C24H25FN4O5/c1-28-22(32)19(34-23(26)33)18(20(30)27-17-5-3-2-4-6-17)24(28)11-13-29(14-12-24)21(31)15-7-9-16(25)10-8-15/h2-10,18-19H,11-14H2,1H3,(H2,26,33)(H,27,30)/t18-,19+/m0/s1. The molecule has 0 radical (unpaired) electrons. The largest absolute Gasteiger partial charge is 0.435 e. The Hall–Kier alpha value is -3.95. The quantitative estimate of drug-likeness (QED) is 0.711. The zero-order valence-electron chi connectivity index (χ0n) is 18.6. The number of primary amides is 1. The number of hydrogen-bond acceptors (Lipinski definition) is 5. The van der Waals surface area contributed by atoms with E-state index in [2.05, 4.69) is 5.32 Å². The fourth-order valence-electron chi connectivity index (χ4n) is 4.93. The maximum Gasteiger partial charge on any atom is 0.405 e. The van der Waals surface area contributed by atoms with Crippen molar-refractivity contribution in [2.45, 2.75) is 24.5 Å². The number of para-hydroxylation sites is 1. The van der Waals surface area contributed by atoms with Crippen molar-refractivity contribution < 1.29 is 28.3 Å². The van der Waals surface area contributed by atoms with Gasteiger partial charge in [-0.25, -0.2) is 9.18 Å². The topological polar surface area (TPSA) is 122 Å². The van der Waals surface area contributed by atoms with Crippen molar-refractivity contribution in [2.24, 2.45) is 11.7 Å². The minimum absolute atomic E-state index is 0.256. The van der Waals surface area contributed by atoms with Crippen molar-refractivity contribution in [1.82, 2.24) is 9.80 Å². The number of benzene rings is 2. The summed E-state index contributed by atoms with van der Waals surface area (Å²) < 4.78 is 18.3. The number of anilines is 1. The number of ether oxygens (including phenoxy) is 1. The first kappa shape index (κ1) is 23.2. The predicted molar refractivity (Wildman–Crippen MR) is 120 cm³/mol. The first-order valence-electron chi connectivity index (χ1n) is 10.9. The molecule has 1 spiro atoms. The van der Waals surface area contributed by atoms with Gasteiger partial charge in [-0.15, -0.1) is 0 Å². The molecule has 2 aromatic rings. The first-order valence-corrected chi connectivity index (χ1v) is 10.9. The van der Waals surface area contributed by atoms with E-state index in [4.69, 9.17) is 10.5 Å². The number of amides is 4. The van der Waals surface area contributed by atoms with Crippen LogP contribution in [0.5, 0.6) is 0 Å². The number of nitrogens with one attached hydrogen (secondary N) is 1. The van der Waals surface area contributed by atoms with Gasteiger partial charge in [0.25, 0.3) is 11.8 Å². The van der Waals surface area contributed by atoms with Gasteiger partial charge in [0.1, 0.15) is 11.7 Å². The Bertz CT molecular complexity index is 1100. The molecule has 9 nitrogen and oxygen atoms in total. The highest BCUT2D eigenvalue weighted by atomic mass is 19.1. The van der Waals surface area contributed by atoms with Gasteiger partial charge >= 0.3 is 6.09 Å². The summed E-state index contributed by atoms with van der Waals surface area (Å²) in [6, 6.07) is 14.0. The predicted octanol–water partition coefficient (Wildman–Crippen LogP) is 1.99. The van der Waals surface area contributed by atoms with Crippen LogP contribution in [0.3, 0.4) is 0 Å². The Morgan fingerprint density at radius 3 is 2.26 bits per heavy atom. The number of nitrogens with two attached hydrogens (primary N) is 1. The molecule has 2 saturated heterocycles. The monoisotopic (exact) mass is 468 g/mol. The average Bonchev–Trinajstić information content (AvgIpc) is 3.01. The molecule has 4 amide bonds. The molecule has 2 aromatic carbocycles. The number of rotatable bonds is 4. The minimum atomic E-state index is -1.37. The molecular formula is C24H25FN4O5. The summed E-state index contributed by atoms with van der Waals surface area (Å²) >= 11 is 0. The molecule has 0 unspecified atom stereocenters. The Labute approximate surface area is 195 Å². The molecule has 0 bridgehead atoms. The second-order valence-electron chi connectivity index (χ2n) is 8.49. The van der Waals surface area contributed by atoms with Crippen molar-refractivity contribution in [3.8, 4) is 0 Å². The fourth-order valence-corrected chi connectivity index (χ4v) is 4.93. The molecule has 0 aromatic heterocycles. The van der Waals surface area contributed by atoms with Gasteiger partial charge < -0.3 is 25.6 Å². The van der Waals surface area contributed by atoms with E-state index in [1.165, 1.54) is 29.2 Å². The Morgan fingerprint density at radius 1 is 1.06 bits per heavy atom. The van der Waals surface area contributed by atoms with E-state index in [0.29, 0.717) is 11.3 Å². The lowest BCUT2D eigenvalue weighted by Gasteiger charge is -2.45. The van der Waals surface area contributed by atoms with E-state index >= 15 is 0 Å². The smallest absolute Gasteiger partial charge is 0.405 e. The highest BCUT2D eigenvalue weighted by Crippen LogP contribution is 2.44. The van der Waals surface area contributed by atoms with Gasteiger partial charge in [0, 0.05) is 31.4 Å². The van der Waals surface area contributed by atoms with E-state index < -0.39 is 41.3 Å². The van der Waals surface area contributed by atoms with Crippen LogP contribution in [0, 0.1) is 11.7 Å². The van der Waals surface area contributed by atoms with Gasteiger partial charge in [0.05, 0.1) is 5.54 Å². The third-order valence-corrected chi connectivity index (χ3v) is 6.70. The molecule has 2 atom stereocenters. The first-order chi connectivity index (χ1) is 16.2. The van der Waals surface area contributed by atoms with Crippen LogP contribution in [-0.2, 0) is 14.3 Å². The highest BCUT2D eigenvalue weighted by molar-refractivity contribution is 6.01. The number of piperidine rings is 1. The van der Waals surface area contributed by atoms with Crippen LogP contribution >= 0.6 is 0 Å². The molecule has 0 saturated carbocycles. The van der Waals surface area contributed by atoms with E-state index in [9.17, 15) is 23.6 Å². The molecule has 3 N–H and O–H groups in total. The summed E-state index contributed by atoms with van der Waals surface area (Å²) in [5, 5.41) is 2.80. The molecule has 2 aliphatic rings. The van der Waals surface area contributed by atoms with E-state index in [0.717, 1.165) is 0 Å². The lowest BCUT2D eigenvalue weighted by atomic mass is 9.75. The zero-order chi connectivity index (χ0) is 24.5. The van der Waals surface area contributed by atoms with Crippen molar-refractivity contribution in [3.63, 3.8) is 0 Å². The number of carbonyl (C=O) groups excluding carboxylic acids is 4. The van der Waals surface area contributed by atoms with Gasteiger partial charge in [0.15, 0.2) is 6.10 Å². The fraction of sp³-hybridized carbons (Fsp3) is 0.333. The maximum absolute atomic E-state index is 13.4. The van der Waals surface area contributed by atoms with Gasteiger partial charge in [0.2, 0.25) is 5.91 Å². The molecule has 10 heteroatoms. The number of halogens is 1. The summed E-state index contributed by atoms with van der Waals surface area (Å²) in [5.74, 6) is -2.73. The number of likely N-dealkylation sites (N-methyl/N-ethyl adjacent to an activating group) is 1. The van der Waals surface area contributed by atoms with Crippen molar-refractivity contribution >= 4 is 29.5 Å². The van der Waals surface area contributed by atoms with Crippen LogP contribution in [0.4, 0.5) is 14.9 Å². The number of carbonyl (C=O) groups is 4. The number of nitrogens with zero attached hydrogens (tertiary/aromatic N) is 2. The lowest BCUT2D eigenvalue weighted by Crippen LogP contribution is -2.58. The second-order valence-corrected chi connectivity index (χ2v) is 8.49. The van der Waals surface area contributed by atoms with Crippen molar-refractivity contribution in [2.75, 3.05) is 25.5 Å². The van der Waals surface area contributed by atoms with Crippen molar-refractivity contribution in [3.05, 3.63) is 66.0 Å². The Balaban J connectivity index is 1.59. The van der Waals surface area contributed by atoms with Gasteiger partial charge in [-0.2, -0.15) is 0 Å². The molecule has 0 aliphatic carbocycles. The highest BCUT2D eigenvalue weighted by Gasteiger charge is 2.62. The van der Waals surface area contributed by atoms with Crippen LogP contribution in [0.1, 0.15) is 23.2 Å². The third-order valence-electron chi connectivity index (χ3n) is 6.70. The summed E-state index contributed by atoms with van der Waals surface area (Å²) in [5.41, 5.74) is 5.11. The SMILES string of the molecule is CN1C(=O)[C@H](OC(N)=O)[C@@H](C(=O)Nc2ccccc2)C12CCN(C(=O)c1ccc(F)cc1)CC2. The van der Waals surface area contributed by atoms with Crippen LogP contribution < -0.4 is 11.1 Å². The summed E-state index contributed by atoms with van der Waals surface area (Å²) in [6.45, 7) is 0.512. The number of likely N-dealkylation sites (tertiary alicyclic amines) is 2. The maximum atomic E-state index is 13.4. The molecule has 4 rings (SSSR count). The Morgan fingerprint density at radius 2 is 1.68 bits per heavy atom. The zero-order valence-corrected chi connectivity index (χ0v) is 18.6. The van der Waals surface area contributed by atoms with E-state index in [1.54, 1.807) is 42.3 Å². The van der Waals surface area contributed by atoms with Crippen molar-refractivity contribution in [1.29, 1.82) is 0 Å². The molecular weight excluding hydrogens is 443 g/mol. The molecule has 2 heterocycles. The Kier molecular flexibility index (Phi) is 6.23. The van der Waals surface area contributed by atoms with Gasteiger partial charge in [-0.3, -0.25) is 14.4 Å². The van der Waals surface area contributed by atoms with Crippen LogP contribution in [0.15, 0.2) is 54.6 Å². The molecule has 178 valence electrons. The third kappa shape index (κ3) is 4.18. The molecule has 34 heavy (non-hydrogen) atoms. The van der Waals surface area contributed by atoms with Gasteiger partial charge in [-0.1, -0.05) is 18.2 Å². The van der Waals surface area contributed by atoms with E-state index in [-0.39, 0.29) is 31.8 Å². The molecule has 2 aliphatic heterocycles. The van der Waals surface area contributed by atoms with Crippen LogP contribution in [-0.4, -0.2) is 65.4 Å². The summed E-state index contributed by atoms with van der Waals surface area (Å²) in [7, 11) is 1.56.